The van der Waals surface area contributed by atoms with Gasteiger partial charge in [0.25, 0.3) is 0 Å². The molecular formula is C11H15ClO3S. The van der Waals surface area contributed by atoms with Gasteiger partial charge in [-0.1, -0.05) is 18.5 Å². The first-order chi connectivity index (χ1) is 7.43. The number of benzene rings is 1. The lowest BCUT2D eigenvalue weighted by atomic mass is 10.2. The highest BCUT2D eigenvalue weighted by molar-refractivity contribution is 7.92. The number of aliphatic hydroxyl groups excluding tert-OH is 1. The summed E-state index contributed by atoms with van der Waals surface area (Å²) in [5, 5.41) is 8.84. The minimum atomic E-state index is -3.45. The van der Waals surface area contributed by atoms with Crippen LogP contribution in [0.2, 0.25) is 5.02 Å². The van der Waals surface area contributed by atoms with E-state index in [1.54, 1.807) is 19.9 Å². The van der Waals surface area contributed by atoms with Crippen molar-refractivity contribution in [1.82, 2.24) is 0 Å². The summed E-state index contributed by atoms with van der Waals surface area (Å²) in [7, 11) is -3.45. The molecule has 0 saturated heterocycles. The molecule has 0 fully saturated rings. The molecule has 0 spiro atoms. The summed E-state index contributed by atoms with van der Waals surface area (Å²) in [6, 6.07) is 4.58. The van der Waals surface area contributed by atoms with Crippen LogP contribution < -0.4 is 0 Å². The Hall–Kier alpha value is -0.580. The minimum absolute atomic E-state index is 0.218. The van der Waals surface area contributed by atoms with Crippen molar-refractivity contribution in [2.45, 2.75) is 30.4 Å². The van der Waals surface area contributed by atoms with Gasteiger partial charge in [0.15, 0.2) is 9.84 Å². The molecule has 0 amide bonds. The lowest BCUT2D eigenvalue weighted by Crippen LogP contribution is -2.24. The van der Waals surface area contributed by atoms with Crippen LogP contribution in [0.25, 0.3) is 0 Å². The molecule has 0 radical (unpaired) electrons. The number of rotatable bonds is 4. The Kier molecular flexibility index (Phi) is 4.35. The lowest BCUT2D eigenvalue weighted by Gasteiger charge is -2.13. The summed E-state index contributed by atoms with van der Waals surface area (Å²) in [5.41, 5.74) is 0.718. The second-order valence-electron chi connectivity index (χ2n) is 3.67. The van der Waals surface area contributed by atoms with Gasteiger partial charge in [-0.05, 0) is 37.1 Å². The summed E-state index contributed by atoms with van der Waals surface area (Å²) in [5.74, 6) is 0. The summed E-state index contributed by atoms with van der Waals surface area (Å²) >= 11 is 5.83. The first kappa shape index (κ1) is 13.5. The third-order valence-electron chi connectivity index (χ3n) is 2.56. The van der Waals surface area contributed by atoms with E-state index in [1.165, 1.54) is 12.1 Å². The number of hydrogen-bond acceptors (Lipinski definition) is 3. The van der Waals surface area contributed by atoms with Crippen LogP contribution in [-0.4, -0.2) is 25.4 Å². The Balaban J connectivity index is 3.22. The Labute approximate surface area is 101 Å². The summed E-state index contributed by atoms with van der Waals surface area (Å²) in [4.78, 5) is 0.218. The minimum Gasteiger partial charge on any atom is -0.395 e. The molecule has 1 N–H and O–H groups in total. The Bertz CT molecular complexity index is 464. The number of hydrogen-bond donors (Lipinski definition) is 1. The fourth-order valence-corrected chi connectivity index (χ4v) is 3.17. The average molecular weight is 263 g/mol. The summed E-state index contributed by atoms with van der Waals surface area (Å²) in [6.45, 7) is 3.13. The molecule has 1 atom stereocenters. The van der Waals surface area contributed by atoms with Crippen molar-refractivity contribution in [3.05, 3.63) is 28.8 Å². The molecule has 16 heavy (non-hydrogen) atoms. The lowest BCUT2D eigenvalue weighted by molar-refractivity contribution is 0.287. The topological polar surface area (TPSA) is 54.4 Å². The molecule has 0 heterocycles. The third kappa shape index (κ3) is 2.56. The Morgan fingerprint density at radius 2 is 2.06 bits per heavy atom. The molecule has 1 aromatic rings. The molecule has 0 aromatic heterocycles. The SMILES string of the molecule is CCC(CO)S(=O)(=O)c1ccc(Cl)c(C)c1. The van der Waals surface area contributed by atoms with Crippen LogP contribution in [-0.2, 0) is 9.84 Å². The Morgan fingerprint density at radius 3 is 2.50 bits per heavy atom. The molecule has 90 valence electrons. The quantitative estimate of drug-likeness (QED) is 0.905. The zero-order valence-electron chi connectivity index (χ0n) is 9.27. The van der Waals surface area contributed by atoms with E-state index < -0.39 is 15.1 Å². The highest BCUT2D eigenvalue weighted by Crippen LogP contribution is 2.23. The van der Waals surface area contributed by atoms with Crippen LogP contribution in [0.1, 0.15) is 18.9 Å². The van der Waals surface area contributed by atoms with E-state index in [4.69, 9.17) is 16.7 Å². The van der Waals surface area contributed by atoms with Crippen molar-refractivity contribution in [3.8, 4) is 0 Å². The maximum atomic E-state index is 12.1. The summed E-state index contributed by atoms with van der Waals surface area (Å²) in [6.07, 6.45) is 0.389. The zero-order chi connectivity index (χ0) is 12.3. The van der Waals surface area contributed by atoms with Crippen molar-refractivity contribution in [3.63, 3.8) is 0 Å². The molecule has 1 aromatic carbocycles. The number of aryl methyl sites for hydroxylation is 1. The molecule has 0 bridgehead atoms. The molecule has 0 aliphatic rings. The largest absolute Gasteiger partial charge is 0.395 e. The van der Waals surface area contributed by atoms with Crippen LogP contribution in [0.15, 0.2) is 23.1 Å². The smallest absolute Gasteiger partial charge is 0.183 e. The van der Waals surface area contributed by atoms with Crippen LogP contribution in [0, 0.1) is 6.92 Å². The van der Waals surface area contributed by atoms with Gasteiger partial charge in [-0.3, -0.25) is 0 Å². The van der Waals surface area contributed by atoms with Crippen molar-refractivity contribution < 1.29 is 13.5 Å². The highest BCUT2D eigenvalue weighted by Gasteiger charge is 2.25. The molecular weight excluding hydrogens is 248 g/mol. The van der Waals surface area contributed by atoms with Gasteiger partial charge in [0.1, 0.15) is 0 Å². The third-order valence-corrected chi connectivity index (χ3v) is 5.25. The second kappa shape index (κ2) is 5.17. The summed E-state index contributed by atoms with van der Waals surface area (Å²) < 4.78 is 24.1. The van der Waals surface area contributed by atoms with E-state index in [9.17, 15) is 8.42 Å². The van der Waals surface area contributed by atoms with E-state index in [-0.39, 0.29) is 11.5 Å². The molecule has 1 unspecified atom stereocenters. The average Bonchev–Trinajstić information content (AvgIpc) is 2.23. The zero-order valence-corrected chi connectivity index (χ0v) is 10.8. The number of sulfone groups is 1. The fourth-order valence-electron chi connectivity index (χ4n) is 1.43. The van der Waals surface area contributed by atoms with E-state index in [2.05, 4.69) is 0 Å². The molecule has 0 saturated carbocycles. The van der Waals surface area contributed by atoms with Gasteiger partial charge in [0, 0.05) is 5.02 Å². The number of halogens is 1. The van der Waals surface area contributed by atoms with Crippen LogP contribution in [0.5, 0.6) is 0 Å². The monoisotopic (exact) mass is 262 g/mol. The van der Waals surface area contributed by atoms with Gasteiger partial charge in [-0.15, -0.1) is 0 Å². The molecule has 3 nitrogen and oxygen atoms in total. The first-order valence-electron chi connectivity index (χ1n) is 5.04. The van der Waals surface area contributed by atoms with Gasteiger partial charge >= 0.3 is 0 Å². The van der Waals surface area contributed by atoms with Gasteiger partial charge in [-0.2, -0.15) is 0 Å². The predicted octanol–water partition coefficient (Wildman–Crippen LogP) is 2.19. The van der Waals surface area contributed by atoms with Gasteiger partial charge in [0.05, 0.1) is 16.8 Å². The predicted molar refractivity (Wildman–Crippen MR) is 64.5 cm³/mol. The normalized spacial score (nSPS) is 13.8. The van der Waals surface area contributed by atoms with Crippen molar-refractivity contribution >= 4 is 21.4 Å². The number of aliphatic hydroxyl groups is 1. The van der Waals surface area contributed by atoms with Crippen molar-refractivity contribution in [2.75, 3.05) is 6.61 Å². The maximum absolute atomic E-state index is 12.1. The molecule has 5 heteroatoms. The van der Waals surface area contributed by atoms with Crippen molar-refractivity contribution in [1.29, 1.82) is 0 Å². The van der Waals surface area contributed by atoms with Crippen LogP contribution in [0.4, 0.5) is 0 Å². The molecule has 1 rings (SSSR count). The highest BCUT2D eigenvalue weighted by atomic mass is 35.5. The maximum Gasteiger partial charge on any atom is 0.183 e. The molecule has 0 aliphatic heterocycles. The van der Waals surface area contributed by atoms with E-state index in [1.807, 2.05) is 0 Å². The van der Waals surface area contributed by atoms with E-state index in [0.717, 1.165) is 5.56 Å². The van der Waals surface area contributed by atoms with Crippen molar-refractivity contribution in [2.24, 2.45) is 0 Å². The fraction of sp³-hybridized carbons (Fsp3) is 0.455. The Morgan fingerprint density at radius 1 is 1.44 bits per heavy atom. The van der Waals surface area contributed by atoms with Crippen LogP contribution in [0.3, 0.4) is 0 Å². The van der Waals surface area contributed by atoms with Crippen LogP contribution >= 0.6 is 11.6 Å². The van der Waals surface area contributed by atoms with Gasteiger partial charge in [0.2, 0.25) is 0 Å². The molecule has 0 aliphatic carbocycles. The standard InChI is InChI=1S/C11H15ClO3S/c1-3-9(7-13)16(14,15)10-4-5-11(12)8(2)6-10/h4-6,9,13H,3,7H2,1-2H3. The van der Waals surface area contributed by atoms with E-state index >= 15 is 0 Å². The first-order valence-corrected chi connectivity index (χ1v) is 6.96. The van der Waals surface area contributed by atoms with Gasteiger partial charge in [-0.25, -0.2) is 8.42 Å². The van der Waals surface area contributed by atoms with E-state index in [0.29, 0.717) is 11.4 Å². The van der Waals surface area contributed by atoms with Gasteiger partial charge < -0.3 is 5.11 Å². The second-order valence-corrected chi connectivity index (χ2v) is 6.30.